The van der Waals surface area contributed by atoms with Crippen LogP contribution in [0.25, 0.3) is 0 Å². The van der Waals surface area contributed by atoms with Crippen LogP contribution >= 0.6 is 0 Å². The molecule has 3 heterocycles. The molecular formula is C18H27N3O2. The first-order valence-electron chi connectivity index (χ1n) is 8.70. The van der Waals surface area contributed by atoms with Crippen LogP contribution in [0.3, 0.4) is 0 Å². The molecule has 0 saturated carbocycles. The number of nitrogens with one attached hydrogen (secondary N) is 1. The van der Waals surface area contributed by atoms with Gasteiger partial charge in [-0.15, -0.1) is 0 Å². The maximum Gasteiger partial charge on any atom is 0.217 e. The number of likely N-dealkylation sites (tertiary alicyclic amines) is 1. The smallest absolute Gasteiger partial charge is 0.217 e. The zero-order valence-corrected chi connectivity index (χ0v) is 13.9. The molecule has 0 bridgehead atoms. The number of hydrogen-bond acceptors (Lipinski definition) is 4. The number of pyridine rings is 1. The first kappa shape index (κ1) is 16.4. The van der Waals surface area contributed by atoms with Gasteiger partial charge in [0.2, 0.25) is 5.91 Å². The van der Waals surface area contributed by atoms with Crippen molar-refractivity contribution in [2.24, 2.45) is 11.8 Å². The topological polar surface area (TPSA) is 54.5 Å². The number of carbonyl (C=O) groups is 1. The Bertz CT molecular complexity index is 494. The number of aromatic nitrogens is 1. The second kappa shape index (κ2) is 7.88. The fourth-order valence-corrected chi connectivity index (χ4v) is 3.77. The van der Waals surface area contributed by atoms with Gasteiger partial charge in [-0.1, -0.05) is 6.07 Å². The van der Waals surface area contributed by atoms with Crippen molar-refractivity contribution < 1.29 is 9.53 Å². The van der Waals surface area contributed by atoms with Gasteiger partial charge in [-0.2, -0.15) is 0 Å². The predicted octanol–water partition coefficient (Wildman–Crippen LogP) is 2.01. The number of hydrogen-bond donors (Lipinski definition) is 1. The third-order valence-corrected chi connectivity index (χ3v) is 5.01. The van der Waals surface area contributed by atoms with Crippen LogP contribution in [0, 0.1) is 11.8 Å². The van der Waals surface area contributed by atoms with E-state index in [0.29, 0.717) is 11.8 Å². The molecule has 0 unspecified atom stereocenters. The molecule has 2 fully saturated rings. The van der Waals surface area contributed by atoms with Gasteiger partial charge in [0.05, 0.1) is 18.3 Å². The van der Waals surface area contributed by atoms with E-state index in [9.17, 15) is 4.79 Å². The Kier molecular flexibility index (Phi) is 5.62. The van der Waals surface area contributed by atoms with Gasteiger partial charge in [-0.05, 0) is 56.3 Å². The van der Waals surface area contributed by atoms with Crippen molar-refractivity contribution in [3.63, 3.8) is 0 Å². The van der Waals surface area contributed by atoms with Crippen molar-refractivity contribution in [3.05, 3.63) is 30.1 Å². The molecule has 5 nitrogen and oxygen atoms in total. The number of nitrogens with zero attached hydrogens (tertiary/aromatic N) is 2. The molecule has 2 atom stereocenters. The summed E-state index contributed by atoms with van der Waals surface area (Å²) in [6.45, 7) is 6.79. The molecule has 2 saturated heterocycles. The van der Waals surface area contributed by atoms with Gasteiger partial charge < -0.3 is 15.0 Å². The maximum atomic E-state index is 11.6. The first-order chi connectivity index (χ1) is 11.2. The normalized spacial score (nSPS) is 24.5. The van der Waals surface area contributed by atoms with Crippen molar-refractivity contribution in [2.75, 3.05) is 32.8 Å². The minimum atomic E-state index is 0.0196. The quantitative estimate of drug-likeness (QED) is 0.902. The maximum absolute atomic E-state index is 11.6. The van der Waals surface area contributed by atoms with Gasteiger partial charge in [0, 0.05) is 26.3 Å². The van der Waals surface area contributed by atoms with E-state index in [1.165, 1.54) is 6.42 Å². The number of piperidine rings is 1. The van der Waals surface area contributed by atoms with Crippen molar-refractivity contribution in [1.82, 2.24) is 15.2 Å². The molecule has 2 aliphatic rings. The standard InChI is InChI=1S/C18H27N3O2/c1-14(22)20-18(17-4-2-3-8-19-17)16-5-9-21(10-6-16)12-15-7-11-23-13-15/h2-4,8,15-16,18H,5-7,9-13H2,1H3,(H,20,22)/t15-,18+/m1/s1. The van der Waals surface area contributed by atoms with Crippen LogP contribution in [-0.2, 0) is 9.53 Å². The summed E-state index contributed by atoms with van der Waals surface area (Å²) >= 11 is 0. The molecule has 23 heavy (non-hydrogen) atoms. The Labute approximate surface area is 138 Å². The lowest BCUT2D eigenvalue weighted by atomic mass is 9.87. The minimum Gasteiger partial charge on any atom is -0.381 e. The summed E-state index contributed by atoms with van der Waals surface area (Å²) in [7, 11) is 0. The second-order valence-electron chi connectivity index (χ2n) is 6.80. The van der Waals surface area contributed by atoms with Crippen LogP contribution in [0.5, 0.6) is 0 Å². The van der Waals surface area contributed by atoms with Gasteiger partial charge in [0.15, 0.2) is 0 Å². The van der Waals surface area contributed by atoms with E-state index in [2.05, 4.69) is 15.2 Å². The highest BCUT2D eigenvalue weighted by atomic mass is 16.5. The lowest BCUT2D eigenvalue weighted by Crippen LogP contribution is -2.42. The van der Waals surface area contributed by atoms with E-state index in [-0.39, 0.29) is 11.9 Å². The van der Waals surface area contributed by atoms with Gasteiger partial charge in [0.1, 0.15) is 0 Å². The van der Waals surface area contributed by atoms with Crippen LogP contribution in [-0.4, -0.2) is 48.6 Å². The molecule has 126 valence electrons. The molecular weight excluding hydrogens is 290 g/mol. The Balaban J connectivity index is 1.57. The van der Waals surface area contributed by atoms with Crippen molar-refractivity contribution in [2.45, 2.75) is 32.2 Å². The molecule has 2 aliphatic heterocycles. The second-order valence-corrected chi connectivity index (χ2v) is 6.80. The summed E-state index contributed by atoms with van der Waals surface area (Å²) in [6.07, 6.45) is 5.21. The van der Waals surface area contributed by atoms with Crippen molar-refractivity contribution in [1.29, 1.82) is 0 Å². The van der Waals surface area contributed by atoms with Crippen LogP contribution in [0.4, 0.5) is 0 Å². The summed E-state index contributed by atoms with van der Waals surface area (Å²) in [5.41, 5.74) is 0.977. The monoisotopic (exact) mass is 317 g/mol. The zero-order chi connectivity index (χ0) is 16.1. The highest BCUT2D eigenvalue weighted by Gasteiger charge is 2.30. The Morgan fingerprint density at radius 3 is 2.83 bits per heavy atom. The van der Waals surface area contributed by atoms with Crippen molar-refractivity contribution >= 4 is 5.91 Å². The van der Waals surface area contributed by atoms with Gasteiger partial charge in [-0.25, -0.2) is 0 Å². The summed E-state index contributed by atoms with van der Waals surface area (Å²) in [6, 6.07) is 5.96. The van der Waals surface area contributed by atoms with Gasteiger partial charge in [-0.3, -0.25) is 9.78 Å². The third kappa shape index (κ3) is 4.52. The molecule has 0 radical (unpaired) electrons. The van der Waals surface area contributed by atoms with Crippen molar-refractivity contribution in [3.8, 4) is 0 Å². The molecule has 1 aromatic heterocycles. The number of carbonyl (C=O) groups excluding carboxylic acids is 1. The molecule has 3 rings (SSSR count). The largest absolute Gasteiger partial charge is 0.381 e. The van der Waals surface area contributed by atoms with E-state index >= 15 is 0 Å². The Hall–Kier alpha value is -1.46. The van der Waals surface area contributed by atoms with Gasteiger partial charge >= 0.3 is 0 Å². The first-order valence-corrected chi connectivity index (χ1v) is 8.70. The summed E-state index contributed by atoms with van der Waals surface area (Å²) in [4.78, 5) is 18.6. The van der Waals surface area contributed by atoms with E-state index in [1.807, 2.05) is 18.2 Å². The van der Waals surface area contributed by atoms with Crippen LogP contribution < -0.4 is 5.32 Å². The Morgan fingerprint density at radius 1 is 1.39 bits per heavy atom. The highest BCUT2D eigenvalue weighted by molar-refractivity contribution is 5.73. The van der Waals surface area contributed by atoms with E-state index in [1.54, 1.807) is 13.1 Å². The van der Waals surface area contributed by atoms with E-state index in [4.69, 9.17) is 4.74 Å². The number of amides is 1. The van der Waals surface area contributed by atoms with Gasteiger partial charge in [0.25, 0.3) is 0 Å². The molecule has 0 aromatic carbocycles. The fraction of sp³-hybridized carbons (Fsp3) is 0.667. The van der Waals surface area contributed by atoms with Crippen LogP contribution in [0.1, 0.15) is 37.9 Å². The number of rotatable bonds is 5. The summed E-state index contributed by atoms with van der Waals surface area (Å²) in [5, 5.41) is 3.11. The molecule has 1 aromatic rings. The molecule has 1 amide bonds. The molecule has 0 spiro atoms. The molecule has 1 N–H and O–H groups in total. The van der Waals surface area contributed by atoms with Crippen LogP contribution in [0.15, 0.2) is 24.4 Å². The predicted molar refractivity (Wildman–Crippen MR) is 88.9 cm³/mol. The SMILES string of the molecule is CC(=O)N[C@H](c1ccccn1)C1CCN(C[C@H]2CCOC2)CC1. The minimum absolute atomic E-state index is 0.0196. The van der Waals surface area contributed by atoms with E-state index < -0.39 is 0 Å². The van der Waals surface area contributed by atoms with E-state index in [0.717, 1.165) is 51.4 Å². The Morgan fingerprint density at radius 2 is 2.22 bits per heavy atom. The summed E-state index contributed by atoms with van der Waals surface area (Å²) < 4.78 is 5.48. The zero-order valence-electron chi connectivity index (χ0n) is 13.9. The number of ether oxygens (including phenoxy) is 1. The van der Waals surface area contributed by atoms with Crippen LogP contribution in [0.2, 0.25) is 0 Å². The fourth-order valence-electron chi connectivity index (χ4n) is 3.77. The molecule has 5 heteroatoms. The summed E-state index contributed by atoms with van der Waals surface area (Å²) in [5.74, 6) is 1.18. The average Bonchev–Trinajstić information content (AvgIpc) is 3.07. The molecule has 0 aliphatic carbocycles. The average molecular weight is 317 g/mol. The third-order valence-electron chi connectivity index (χ3n) is 5.01. The highest BCUT2D eigenvalue weighted by Crippen LogP contribution is 2.30. The lowest BCUT2D eigenvalue weighted by Gasteiger charge is -2.36. The lowest BCUT2D eigenvalue weighted by molar-refractivity contribution is -0.120.